The van der Waals surface area contributed by atoms with Crippen LogP contribution in [-0.4, -0.2) is 52.0 Å². The third kappa shape index (κ3) is 3.94. The van der Waals surface area contributed by atoms with Crippen LogP contribution in [0.3, 0.4) is 0 Å². The van der Waals surface area contributed by atoms with Crippen molar-refractivity contribution in [3.8, 4) is 0 Å². The summed E-state index contributed by atoms with van der Waals surface area (Å²) in [5, 5.41) is 12.1. The number of aryl methyl sites for hydroxylation is 1. The largest absolute Gasteiger partial charge is 0.387 e. The van der Waals surface area contributed by atoms with Crippen molar-refractivity contribution in [2.45, 2.75) is 64.5 Å². The van der Waals surface area contributed by atoms with Gasteiger partial charge in [-0.1, -0.05) is 62.2 Å². The molecule has 2 aliphatic heterocycles. The molecule has 0 bridgehead atoms. The Labute approximate surface area is 202 Å². The quantitative estimate of drug-likeness (QED) is 0.722. The summed E-state index contributed by atoms with van der Waals surface area (Å²) in [7, 11) is 0. The summed E-state index contributed by atoms with van der Waals surface area (Å²) in [5.74, 6) is 0.109. The Morgan fingerprint density at radius 3 is 2.50 bits per heavy atom. The Morgan fingerprint density at radius 2 is 1.79 bits per heavy atom. The van der Waals surface area contributed by atoms with Gasteiger partial charge in [0.2, 0.25) is 5.91 Å². The first-order chi connectivity index (χ1) is 16.3. The van der Waals surface area contributed by atoms with Gasteiger partial charge in [-0.25, -0.2) is 0 Å². The number of nitrogens with zero attached hydrogens (tertiary/aromatic N) is 2. The van der Waals surface area contributed by atoms with Crippen molar-refractivity contribution in [1.82, 2.24) is 9.80 Å². The maximum Gasteiger partial charge on any atom is 0.254 e. The number of fused-ring (bicyclic) bond motifs is 1. The average Bonchev–Trinajstić information content (AvgIpc) is 3.43. The molecule has 2 unspecified atom stereocenters. The molecule has 1 saturated heterocycles. The second-order valence-corrected chi connectivity index (χ2v) is 10.9. The van der Waals surface area contributed by atoms with Crippen molar-refractivity contribution < 1.29 is 14.7 Å². The minimum atomic E-state index is -0.964. The molecule has 2 aromatic rings. The molecule has 0 radical (unpaired) electrons. The lowest BCUT2D eigenvalue weighted by Gasteiger charge is -2.53. The minimum Gasteiger partial charge on any atom is -0.387 e. The van der Waals surface area contributed by atoms with Gasteiger partial charge in [0.25, 0.3) is 5.91 Å². The first-order valence-electron chi connectivity index (χ1n) is 12.7. The Balaban J connectivity index is 1.32. The van der Waals surface area contributed by atoms with Gasteiger partial charge in [0.1, 0.15) is 0 Å². The van der Waals surface area contributed by atoms with Crippen molar-refractivity contribution in [3.63, 3.8) is 0 Å². The molecule has 5 heteroatoms. The molecule has 2 aromatic carbocycles. The second-order valence-electron chi connectivity index (χ2n) is 10.9. The third-order valence-electron chi connectivity index (χ3n) is 8.68. The summed E-state index contributed by atoms with van der Waals surface area (Å²) in [6, 6.07) is 16.0. The number of likely N-dealkylation sites (tertiary alicyclic amines) is 1. The predicted molar refractivity (Wildman–Crippen MR) is 132 cm³/mol. The molecule has 2 fully saturated rings. The number of amides is 2. The molecule has 2 heterocycles. The predicted octanol–water partition coefficient (Wildman–Crippen LogP) is 4.35. The van der Waals surface area contributed by atoms with Gasteiger partial charge in [0.15, 0.2) is 0 Å². The lowest BCUT2D eigenvalue weighted by molar-refractivity contribution is -0.162. The van der Waals surface area contributed by atoms with E-state index in [1.165, 1.54) is 5.56 Å². The molecular formula is C29H36N2O3. The van der Waals surface area contributed by atoms with E-state index in [-0.39, 0.29) is 23.1 Å². The van der Waals surface area contributed by atoms with Crippen molar-refractivity contribution in [2.75, 3.05) is 19.6 Å². The molecule has 0 aromatic heterocycles. The smallest absolute Gasteiger partial charge is 0.254 e. The van der Waals surface area contributed by atoms with E-state index < -0.39 is 5.60 Å². The first-order valence-corrected chi connectivity index (χ1v) is 12.7. The molecule has 180 valence electrons. The second kappa shape index (κ2) is 8.84. The van der Waals surface area contributed by atoms with Gasteiger partial charge in [0, 0.05) is 36.5 Å². The van der Waals surface area contributed by atoms with E-state index >= 15 is 0 Å². The monoisotopic (exact) mass is 460 g/mol. The Bertz CT molecular complexity index is 1080. The third-order valence-corrected chi connectivity index (χ3v) is 8.68. The number of aliphatic hydroxyl groups is 1. The fourth-order valence-electron chi connectivity index (χ4n) is 6.64. The van der Waals surface area contributed by atoms with Crippen LogP contribution in [-0.2, 0) is 17.8 Å². The number of carbonyl (C=O) groups is 2. The van der Waals surface area contributed by atoms with Crippen molar-refractivity contribution >= 4 is 11.8 Å². The number of β-amino-alcohol motifs (C(OH)–C–C–N with tert-alkyl or cyclic N) is 1. The summed E-state index contributed by atoms with van der Waals surface area (Å²) in [5.41, 5.74) is 2.86. The number of rotatable bonds is 5. The van der Waals surface area contributed by atoms with Crippen LogP contribution < -0.4 is 0 Å². The van der Waals surface area contributed by atoms with Crippen LogP contribution in [0.5, 0.6) is 0 Å². The highest BCUT2D eigenvalue weighted by Gasteiger charge is 2.56. The Kier molecular flexibility index (Phi) is 6.01. The van der Waals surface area contributed by atoms with Crippen LogP contribution >= 0.6 is 0 Å². The van der Waals surface area contributed by atoms with E-state index in [1.54, 1.807) is 0 Å². The maximum absolute atomic E-state index is 13.4. The van der Waals surface area contributed by atoms with E-state index in [2.05, 4.69) is 12.1 Å². The summed E-state index contributed by atoms with van der Waals surface area (Å²) in [6.45, 7) is 6.11. The van der Waals surface area contributed by atoms with Gasteiger partial charge in [0.05, 0.1) is 12.1 Å². The fourth-order valence-corrected chi connectivity index (χ4v) is 6.64. The number of carbonyl (C=O) groups excluding carboxylic acids is 2. The number of piperidine rings is 1. The highest BCUT2D eigenvalue weighted by Crippen LogP contribution is 2.52. The van der Waals surface area contributed by atoms with Crippen LogP contribution in [0, 0.1) is 18.3 Å². The molecular weight excluding hydrogens is 424 g/mol. The number of benzene rings is 2. The molecule has 3 aliphatic rings. The normalized spacial score (nSPS) is 24.5. The lowest BCUT2D eigenvalue weighted by atomic mass is 9.65. The summed E-state index contributed by atoms with van der Waals surface area (Å²) < 4.78 is 0. The summed E-state index contributed by atoms with van der Waals surface area (Å²) >= 11 is 0. The SMILES string of the molecule is Cc1cccc2c1CN(CC1(O)CCN(C(=O)C(C)Cc3ccccc3)CC13CCCC3)C2=O. The topological polar surface area (TPSA) is 60.9 Å². The van der Waals surface area contributed by atoms with Crippen molar-refractivity contribution in [3.05, 3.63) is 70.8 Å². The minimum absolute atomic E-state index is 0.0234. The standard InChI is InChI=1S/C29H36N2O3/c1-21-9-8-12-24-25(21)18-31(27(24)33)20-29(34)15-16-30(19-28(29)13-6-7-14-28)26(32)22(2)17-23-10-4-3-5-11-23/h3-5,8-12,22,34H,6-7,13-20H2,1-2H3. The summed E-state index contributed by atoms with van der Waals surface area (Å²) in [4.78, 5) is 30.4. The molecule has 2 amide bonds. The van der Waals surface area contributed by atoms with E-state index in [0.717, 1.165) is 48.8 Å². The zero-order valence-corrected chi connectivity index (χ0v) is 20.4. The van der Waals surface area contributed by atoms with Crippen molar-refractivity contribution in [1.29, 1.82) is 0 Å². The molecule has 34 heavy (non-hydrogen) atoms. The average molecular weight is 461 g/mol. The molecule has 5 nitrogen and oxygen atoms in total. The van der Waals surface area contributed by atoms with Gasteiger partial charge in [-0.15, -0.1) is 0 Å². The maximum atomic E-state index is 13.4. The van der Waals surface area contributed by atoms with E-state index in [9.17, 15) is 14.7 Å². The Hall–Kier alpha value is -2.66. The van der Waals surface area contributed by atoms with Crippen LogP contribution in [0.25, 0.3) is 0 Å². The lowest BCUT2D eigenvalue weighted by Crippen LogP contribution is -2.64. The van der Waals surface area contributed by atoms with Gasteiger partial charge >= 0.3 is 0 Å². The molecule has 1 aliphatic carbocycles. The molecule has 2 atom stereocenters. The summed E-state index contributed by atoms with van der Waals surface area (Å²) in [6.07, 6.45) is 5.21. The Morgan fingerprint density at radius 1 is 1.06 bits per heavy atom. The van der Waals surface area contributed by atoms with Crippen LogP contribution in [0.1, 0.15) is 66.1 Å². The van der Waals surface area contributed by atoms with Crippen molar-refractivity contribution in [2.24, 2.45) is 11.3 Å². The number of hydrogen-bond donors (Lipinski definition) is 1. The highest BCUT2D eigenvalue weighted by atomic mass is 16.3. The van der Waals surface area contributed by atoms with Gasteiger partial charge < -0.3 is 14.9 Å². The molecule has 1 spiro atoms. The van der Waals surface area contributed by atoms with E-state index in [1.807, 2.05) is 60.0 Å². The van der Waals surface area contributed by atoms with Crippen LogP contribution in [0.2, 0.25) is 0 Å². The van der Waals surface area contributed by atoms with E-state index in [4.69, 9.17) is 0 Å². The number of hydrogen-bond acceptors (Lipinski definition) is 3. The zero-order chi connectivity index (χ0) is 23.9. The first kappa shape index (κ1) is 23.1. The van der Waals surface area contributed by atoms with Crippen LogP contribution in [0.15, 0.2) is 48.5 Å². The van der Waals surface area contributed by atoms with E-state index in [0.29, 0.717) is 32.6 Å². The highest BCUT2D eigenvalue weighted by molar-refractivity contribution is 5.98. The molecule has 5 rings (SSSR count). The molecule has 1 saturated carbocycles. The van der Waals surface area contributed by atoms with Gasteiger partial charge in [-0.3, -0.25) is 9.59 Å². The molecule has 1 N–H and O–H groups in total. The fraction of sp³-hybridized carbons (Fsp3) is 0.517. The van der Waals surface area contributed by atoms with Gasteiger partial charge in [-0.05, 0) is 55.4 Å². The van der Waals surface area contributed by atoms with Gasteiger partial charge in [-0.2, -0.15) is 0 Å². The van der Waals surface area contributed by atoms with Crippen LogP contribution in [0.4, 0.5) is 0 Å². The zero-order valence-electron chi connectivity index (χ0n) is 20.4.